The van der Waals surface area contributed by atoms with Crippen molar-refractivity contribution in [1.82, 2.24) is 9.47 Å². The SMILES string of the molecule is CSc1ccc(S(=O)(=O)Nc2ccc3c(c2)sc(=O)n3C(C)C)cc1C(=O)N1CCOCC1. The van der Waals surface area contributed by atoms with Gasteiger partial charge < -0.3 is 9.64 Å². The number of benzene rings is 2. The van der Waals surface area contributed by atoms with Gasteiger partial charge in [0.1, 0.15) is 0 Å². The molecule has 1 aliphatic rings. The van der Waals surface area contributed by atoms with Crippen LogP contribution in [0.5, 0.6) is 0 Å². The van der Waals surface area contributed by atoms with Crippen LogP contribution in [0.1, 0.15) is 30.2 Å². The second-order valence-electron chi connectivity index (χ2n) is 7.89. The second-order valence-corrected chi connectivity index (χ2v) is 11.4. The van der Waals surface area contributed by atoms with Crippen LogP contribution < -0.4 is 9.60 Å². The molecule has 4 rings (SSSR count). The van der Waals surface area contributed by atoms with Gasteiger partial charge in [-0.2, -0.15) is 0 Å². The lowest BCUT2D eigenvalue weighted by atomic mass is 10.2. The molecular formula is C22H25N3O5S3. The van der Waals surface area contributed by atoms with Crippen LogP contribution in [0.4, 0.5) is 5.69 Å². The standard InChI is InChI=1S/C22H25N3O5S3/c1-14(2)25-18-6-4-15(12-20(18)32-22(25)27)23-33(28,29)16-5-7-19(31-3)17(13-16)21(26)24-8-10-30-11-9-24/h4-7,12-14,23H,8-11H2,1-3H3. The first-order valence-corrected chi connectivity index (χ1v) is 14.0. The molecule has 11 heteroatoms. The predicted molar refractivity (Wildman–Crippen MR) is 132 cm³/mol. The van der Waals surface area contributed by atoms with Crippen molar-refractivity contribution < 1.29 is 17.9 Å². The van der Waals surface area contributed by atoms with Gasteiger partial charge in [-0.3, -0.25) is 18.9 Å². The van der Waals surface area contributed by atoms with Crippen LogP contribution in [0.3, 0.4) is 0 Å². The molecule has 2 aromatic carbocycles. The number of nitrogens with zero attached hydrogens (tertiary/aromatic N) is 2. The molecule has 33 heavy (non-hydrogen) atoms. The fraction of sp³-hybridized carbons (Fsp3) is 0.364. The fourth-order valence-electron chi connectivity index (χ4n) is 3.76. The Morgan fingerprint density at radius 3 is 2.55 bits per heavy atom. The van der Waals surface area contributed by atoms with Crippen LogP contribution in [-0.4, -0.2) is 56.4 Å². The Kier molecular flexibility index (Phi) is 6.85. The molecular weight excluding hydrogens is 482 g/mol. The summed E-state index contributed by atoms with van der Waals surface area (Å²) < 4.78 is 36.6. The molecule has 1 fully saturated rings. The van der Waals surface area contributed by atoms with Crippen molar-refractivity contribution in [3.8, 4) is 0 Å². The number of carbonyl (C=O) groups is 1. The number of fused-ring (bicyclic) bond motifs is 1. The number of thiazole rings is 1. The zero-order valence-corrected chi connectivity index (χ0v) is 21.0. The van der Waals surface area contributed by atoms with Gasteiger partial charge in [-0.25, -0.2) is 8.42 Å². The topological polar surface area (TPSA) is 97.7 Å². The van der Waals surface area contributed by atoms with Gasteiger partial charge in [-0.05, 0) is 56.5 Å². The van der Waals surface area contributed by atoms with Crippen LogP contribution in [0.25, 0.3) is 10.2 Å². The van der Waals surface area contributed by atoms with Crippen molar-refractivity contribution >= 4 is 54.9 Å². The number of nitrogens with one attached hydrogen (secondary N) is 1. The highest BCUT2D eigenvalue weighted by Gasteiger charge is 2.24. The summed E-state index contributed by atoms with van der Waals surface area (Å²) in [6.45, 7) is 5.73. The fourth-order valence-corrected chi connectivity index (χ4v) is 6.46. The minimum absolute atomic E-state index is 0.00458. The van der Waals surface area contributed by atoms with Crippen LogP contribution in [0.15, 0.2) is 51.0 Å². The average Bonchev–Trinajstić information content (AvgIpc) is 3.13. The summed E-state index contributed by atoms with van der Waals surface area (Å²) in [5.74, 6) is -0.207. The van der Waals surface area contributed by atoms with Gasteiger partial charge in [0.2, 0.25) is 0 Å². The van der Waals surface area contributed by atoms with Crippen molar-refractivity contribution in [2.75, 3.05) is 37.3 Å². The normalized spacial score (nSPS) is 14.7. The molecule has 2 heterocycles. The summed E-state index contributed by atoms with van der Waals surface area (Å²) in [5, 5.41) is 0. The van der Waals surface area contributed by atoms with E-state index in [4.69, 9.17) is 4.74 Å². The van der Waals surface area contributed by atoms with E-state index in [2.05, 4.69) is 4.72 Å². The number of hydrogen-bond acceptors (Lipinski definition) is 7. The second kappa shape index (κ2) is 9.49. The van der Waals surface area contributed by atoms with Crippen molar-refractivity contribution in [3.63, 3.8) is 0 Å². The summed E-state index contributed by atoms with van der Waals surface area (Å²) in [4.78, 5) is 27.7. The summed E-state index contributed by atoms with van der Waals surface area (Å²) in [7, 11) is -3.95. The van der Waals surface area contributed by atoms with Crippen molar-refractivity contribution in [3.05, 3.63) is 51.6 Å². The predicted octanol–water partition coefficient (Wildman–Crippen LogP) is 3.64. The highest BCUT2D eigenvalue weighted by molar-refractivity contribution is 7.98. The Labute approximate surface area is 200 Å². The molecule has 0 unspecified atom stereocenters. The van der Waals surface area contributed by atoms with E-state index in [0.29, 0.717) is 47.1 Å². The molecule has 0 atom stereocenters. The number of sulfonamides is 1. The van der Waals surface area contributed by atoms with E-state index < -0.39 is 10.0 Å². The van der Waals surface area contributed by atoms with Gasteiger partial charge in [0.15, 0.2) is 0 Å². The average molecular weight is 508 g/mol. The number of ether oxygens (including phenoxy) is 1. The highest BCUT2D eigenvalue weighted by Crippen LogP contribution is 2.28. The zero-order valence-electron chi connectivity index (χ0n) is 18.5. The van der Waals surface area contributed by atoms with Crippen molar-refractivity contribution in [2.24, 2.45) is 0 Å². The number of carbonyl (C=O) groups excluding carboxylic acids is 1. The third kappa shape index (κ3) is 4.81. The molecule has 1 N–H and O–H groups in total. The van der Waals surface area contributed by atoms with Gasteiger partial charge in [-0.1, -0.05) is 11.3 Å². The maximum absolute atomic E-state index is 13.1. The van der Waals surface area contributed by atoms with Gasteiger partial charge in [0.05, 0.1) is 39.6 Å². The van der Waals surface area contributed by atoms with Gasteiger partial charge >= 0.3 is 4.87 Å². The number of anilines is 1. The van der Waals surface area contributed by atoms with Gasteiger partial charge in [0, 0.05) is 24.0 Å². The first-order valence-electron chi connectivity index (χ1n) is 10.4. The van der Waals surface area contributed by atoms with Gasteiger partial charge in [0.25, 0.3) is 15.9 Å². The number of aromatic nitrogens is 1. The van der Waals surface area contributed by atoms with Crippen LogP contribution >= 0.6 is 23.1 Å². The molecule has 176 valence electrons. The van der Waals surface area contributed by atoms with Crippen LogP contribution in [0, 0.1) is 0 Å². The Bertz CT molecular complexity index is 1360. The van der Waals surface area contributed by atoms with E-state index in [9.17, 15) is 18.0 Å². The molecule has 0 radical (unpaired) electrons. The smallest absolute Gasteiger partial charge is 0.308 e. The van der Waals surface area contributed by atoms with Crippen LogP contribution in [0.2, 0.25) is 0 Å². The molecule has 0 bridgehead atoms. The molecule has 8 nitrogen and oxygen atoms in total. The highest BCUT2D eigenvalue weighted by atomic mass is 32.2. The molecule has 3 aromatic rings. The summed E-state index contributed by atoms with van der Waals surface area (Å²) >= 11 is 2.47. The van der Waals surface area contributed by atoms with Gasteiger partial charge in [-0.15, -0.1) is 11.8 Å². The lowest BCUT2D eigenvalue weighted by Crippen LogP contribution is -2.40. The van der Waals surface area contributed by atoms with Crippen molar-refractivity contribution in [2.45, 2.75) is 29.7 Å². The van der Waals surface area contributed by atoms with Crippen LogP contribution in [-0.2, 0) is 14.8 Å². The molecule has 0 aliphatic carbocycles. The Morgan fingerprint density at radius 1 is 1.15 bits per heavy atom. The Balaban J connectivity index is 1.65. The zero-order chi connectivity index (χ0) is 23.8. The molecule has 1 amide bonds. The van der Waals surface area contributed by atoms with Crippen molar-refractivity contribution in [1.29, 1.82) is 0 Å². The number of amides is 1. The summed E-state index contributed by atoms with van der Waals surface area (Å²) in [5.41, 5.74) is 1.48. The number of hydrogen-bond donors (Lipinski definition) is 1. The molecule has 1 saturated heterocycles. The summed E-state index contributed by atoms with van der Waals surface area (Å²) in [6.07, 6.45) is 1.85. The largest absolute Gasteiger partial charge is 0.378 e. The Hall–Kier alpha value is -2.34. The molecule has 1 aromatic heterocycles. The monoisotopic (exact) mass is 507 g/mol. The third-order valence-corrected chi connectivity index (χ3v) is 8.48. The van der Waals surface area contributed by atoms with E-state index in [1.54, 1.807) is 33.7 Å². The minimum Gasteiger partial charge on any atom is -0.378 e. The Morgan fingerprint density at radius 2 is 1.88 bits per heavy atom. The first kappa shape index (κ1) is 23.8. The first-order chi connectivity index (χ1) is 15.7. The third-order valence-electron chi connectivity index (χ3n) is 5.39. The van der Waals surface area contributed by atoms with E-state index in [-0.39, 0.29) is 21.7 Å². The van der Waals surface area contributed by atoms with E-state index in [1.165, 1.54) is 23.9 Å². The van der Waals surface area contributed by atoms with E-state index in [0.717, 1.165) is 16.9 Å². The lowest BCUT2D eigenvalue weighted by molar-refractivity contribution is 0.0300. The maximum atomic E-state index is 13.1. The molecule has 1 aliphatic heterocycles. The van der Waals surface area contributed by atoms with E-state index in [1.807, 2.05) is 20.1 Å². The number of thioether (sulfide) groups is 1. The van der Waals surface area contributed by atoms with E-state index >= 15 is 0 Å². The number of rotatable bonds is 6. The maximum Gasteiger partial charge on any atom is 0.308 e. The lowest BCUT2D eigenvalue weighted by Gasteiger charge is -2.27. The number of morpholine rings is 1. The molecule has 0 spiro atoms. The summed E-state index contributed by atoms with van der Waals surface area (Å²) in [6, 6.07) is 9.63. The molecule has 0 saturated carbocycles. The quantitative estimate of drug-likeness (QED) is 0.512. The minimum atomic E-state index is -3.95.